The fourth-order valence-corrected chi connectivity index (χ4v) is 1.72. The molecule has 0 aliphatic carbocycles. The van der Waals surface area contributed by atoms with Gasteiger partial charge in [0.2, 0.25) is 0 Å². The molecule has 1 amide bonds. The van der Waals surface area contributed by atoms with Crippen LogP contribution < -0.4 is 15.8 Å². The smallest absolute Gasteiger partial charge is 0.262 e. The van der Waals surface area contributed by atoms with Gasteiger partial charge in [-0.2, -0.15) is 0 Å². The monoisotopic (exact) mass is 271 g/mol. The van der Waals surface area contributed by atoms with E-state index in [-0.39, 0.29) is 12.5 Å². The zero-order chi connectivity index (χ0) is 14.5. The first-order chi connectivity index (χ1) is 9.54. The van der Waals surface area contributed by atoms with Crippen molar-refractivity contribution in [3.63, 3.8) is 0 Å². The number of anilines is 2. The Balaban J connectivity index is 1.90. The van der Waals surface area contributed by atoms with Gasteiger partial charge in [-0.3, -0.25) is 9.78 Å². The van der Waals surface area contributed by atoms with Crippen molar-refractivity contribution in [2.45, 2.75) is 13.8 Å². The maximum absolute atomic E-state index is 11.8. The highest BCUT2D eigenvalue weighted by Gasteiger charge is 2.06. The lowest BCUT2D eigenvalue weighted by atomic mass is 10.2. The Labute approximate surface area is 117 Å². The Morgan fingerprint density at radius 3 is 2.55 bits per heavy atom. The number of carbonyl (C=O) groups excluding carboxylic acids is 1. The van der Waals surface area contributed by atoms with Gasteiger partial charge in [0.15, 0.2) is 6.61 Å². The lowest BCUT2D eigenvalue weighted by molar-refractivity contribution is -0.118. The van der Waals surface area contributed by atoms with Gasteiger partial charge in [-0.1, -0.05) is 0 Å². The SMILES string of the molecule is Cc1ccc(NC(=O)COc2ccc(N)cc2)c(C)n1. The molecule has 2 aromatic rings. The van der Waals surface area contributed by atoms with Crippen molar-refractivity contribution >= 4 is 17.3 Å². The van der Waals surface area contributed by atoms with Gasteiger partial charge in [0.25, 0.3) is 5.91 Å². The summed E-state index contributed by atoms with van der Waals surface area (Å²) in [6, 6.07) is 10.6. The van der Waals surface area contributed by atoms with Crippen LogP contribution in [0.2, 0.25) is 0 Å². The predicted molar refractivity (Wildman–Crippen MR) is 78.7 cm³/mol. The van der Waals surface area contributed by atoms with Crippen molar-refractivity contribution in [1.29, 1.82) is 0 Å². The number of nitrogens with two attached hydrogens (primary N) is 1. The highest BCUT2D eigenvalue weighted by Crippen LogP contribution is 2.14. The Morgan fingerprint density at radius 1 is 1.20 bits per heavy atom. The number of nitrogens with one attached hydrogen (secondary N) is 1. The molecular formula is C15H17N3O2. The number of rotatable bonds is 4. The van der Waals surface area contributed by atoms with E-state index in [4.69, 9.17) is 10.5 Å². The number of benzene rings is 1. The van der Waals surface area contributed by atoms with E-state index in [1.54, 1.807) is 24.3 Å². The van der Waals surface area contributed by atoms with Gasteiger partial charge >= 0.3 is 0 Å². The summed E-state index contributed by atoms with van der Waals surface area (Å²) in [5.74, 6) is 0.378. The summed E-state index contributed by atoms with van der Waals surface area (Å²) in [4.78, 5) is 16.1. The summed E-state index contributed by atoms with van der Waals surface area (Å²) in [5, 5.41) is 2.77. The topological polar surface area (TPSA) is 77.2 Å². The largest absolute Gasteiger partial charge is 0.484 e. The van der Waals surface area contributed by atoms with E-state index >= 15 is 0 Å². The zero-order valence-corrected chi connectivity index (χ0v) is 11.5. The van der Waals surface area contributed by atoms with Gasteiger partial charge in [0.1, 0.15) is 5.75 Å². The molecule has 0 aliphatic rings. The number of nitrogen functional groups attached to an aromatic ring is 1. The maximum atomic E-state index is 11.8. The quantitative estimate of drug-likeness (QED) is 0.836. The highest BCUT2D eigenvalue weighted by atomic mass is 16.5. The maximum Gasteiger partial charge on any atom is 0.262 e. The standard InChI is InChI=1S/C15H17N3O2/c1-10-3-8-14(11(2)17-10)18-15(19)9-20-13-6-4-12(16)5-7-13/h3-8H,9,16H2,1-2H3,(H,18,19). The zero-order valence-electron chi connectivity index (χ0n) is 11.5. The fourth-order valence-electron chi connectivity index (χ4n) is 1.72. The second-order valence-electron chi connectivity index (χ2n) is 4.49. The van der Waals surface area contributed by atoms with E-state index < -0.39 is 0 Å². The van der Waals surface area contributed by atoms with Crippen LogP contribution in [-0.2, 0) is 4.79 Å². The minimum atomic E-state index is -0.226. The Hall–Kier alpha value is -2.56. The molecular weight excluding hydrogens is 254 g/mol. The average molecular weight is 271 g/mol. The van der Waals surface area contributed by atoms with Crippen LogP contribution in [0.5, 0.6) is 5.75 Å². The van der Waals surface area contributed by atoms with Crippen LogP contribution >= 0.6 is 0 Å². The van der Waals surface area contributed by atoms with Gasteiger partial charge in [-0.25, -0.2) is 0 Å². The molecule has 0 aliphatic heterocycles. The minimum absolute atomic E-state index is 0.0583. The summed E-state index contributed by atoms with van der Waals surface area (Å²) in [5.41, 5.74) is 8.62. The lowest BCUT2D eigenvalue weighted by Gasteiger charge is -2.09. The van der Waals surface area contributed by atoms with Gasteiger partial charge in [-0.05, 0) is 50.2 Å². The molecule has 104 valence electrons. The van der Waals surface area contributed by atoms with Crippen LogP contribution in [0.4, 0.5) is 11.4 Å². The molecule has 0 bridgehead atoms. The normalized spacial score (nSPS) is 10.1. The highest BCUT2D eigenvalue weighted by molar-refractivity contribution is 5.92. The summed E-state index contributed by atoms with van der Waals surface area (Å²) in [6.07, 6.45) is 0. The van der Waals surface area contributed by atoms with E-state index in [9.17, 15) is 4.79 Å². The molecule has 0 unspecified atom stereocenters. The molecule has 1 aromatic heterocycles. The second-order valence-corrected chi connectivity index (χ2v) is 4.49. The molecule has 3 N–H and O–H groups in total. The van der Waals surface area contributed by atoms with Crippen LogP contribution in [0, 0.1) is 13.8 Å². The number of hydrogen-bond donors (Lipinski definition) is 2. The predicted octanol–water partition coefficient (Wildman–Crippen LogP) is 2.30. The van der Waals surface area contributed by atoms with Crippen molar-refractivity contribution in [2.24, 2.45) is 0 Å². The van der Waals surface area contributed by atoms with Crippen molar-refractivity contribution in [3.8, 4) is 5.75 Å². The van der Waals surface area contributed by atoms with Crippen molar-refractivity contribution in [2.75, 3.05) is 17.7 Å². The van der Waals surface area contributed by atoms with E-state index in [0.717, 1.165) is 11.4 Å². The first-order valence-electron chi connectivity index (χ1n) is 6.27. The number of hydrogen-bond acceptors (Lipinski definition) is 4. The molecule has 0 spiro atoms. The van der Waals surface area contributed by atoms with Crippen LogP contribution in [0.25, 0.3) is 0 Å². The number of aromatic nitrogens is 1. The minimum Gasteiger partial charge on any atom is -0.484 e. The second kappa shape index (κ2) is 6.06. The van der Waals surface area contributed by atoms with Crippen molar-refractivity contribution < 1.29 is 9.53 Å². The Kier molecular flexibility index (Phi) is 4.20. The molecule has 0 saturated carbocycles. The molecule has 1 aromatic carbocycles. The van der Waals surface area contributed by atoms with Gasteiger partial charge in [0, 0.05) is 11.4 Å². The van der Waals surface area contributed by atoms with E-state index in [1.807, 2.05) is 26.0 Å². The molecule has 0 saturated heterocycles. The molecule has 0 fully saturated rings. The number of ether oxygens (including phenoxy) is 1. The summed E-state index contributed by atoms with van der Waals surface area (Å²) < 4.78 is 5.37. The van der Waals surface area contributed by atoms with Crippen LogP contribution in [-0.4, -0.2) is 17.5 Å². The third-order valence-corrected chi connectivity index (χ3v) is 2.75. The van der Waals surface area contributed by atoms with Crippen LogP contribution in [0.15, 0.2) is 36.4 Å². The number of carbonyl (C=O) groups is 1. The van der Waals surface area contributed by atoms with Gasteiger partial charge in [-0.15, -0.1) is 0 Å². The number of amides is 1. The van der Waals surface area contributed by atoms with E-state index in [1.165, 1.54) is 0 Å². The number of nitrogens with zero attached hydrogens (tertiary/aromatic N) is 1. The fraction of sp³-hybridized carbons (Fsp3) is 0.200. The van der Waals surface area contributed by atoms with E-state index in [2.05, 4.69) is 10.3 Å². The molecule has 5 nitrogen and oxygen atoms in total. The molecule has 2 rings (SSSR count). The average Bonchev–Trinajstić information content (AvgIpc) is 2.41. The molecule has 5 heteroatoms. The third-order valence-electron chi connectivity index (χ3n) is 2.75. The molecule has 0 atom stereocenters. The summed E-state index contributed by atoms with van der Waals surface area (Å²) in [6.45, 7) is 3.70. The summed E-state index contributed by atoms with van der Waals surface area (Å²) >= 11 is 0. The van der Waals surface area contributed by atoms with Crippen LogP contribution in [0.3, 0.4) is 0 Å². The van der Waals surface area contributed by atoms with Crippen molar-refractivity contribution in [3.05, 3.63) is 47.8 Å². The van der Waals surface area contributed by atoms with Crippen molar-refractivity contribution in [1.82, 2.24) is 4.98 Å². The first kappa shape index (κ1) is 13.9. The number of aryl methyl sites for hydroxylation is 2. The lowest BCUT2D eigenvalue weighted by Crippen LogP contribution is -2.20. The molecule has 1 heterocycles. The molecule has 20 heavy (non-hydrogen) atoms. The molecule has 0 radical (unpaired) electrons. The van der Waals surface area contributed by atoms with E-state index in [0.29, 0.717) is 17.1 Å². The van der Waals surface area contributed by atoms with Gasteiger partial charge < -0.3 is 15.8 Å². The number of pyridine rings is 1. The first-order valence-corrected chi connectivity index (χ1v) is 6.27. The Bertz CT molecular complexity index is 609. The van der Waals surface area contributed by atoms with Gasteiger partial charge in [0.05, 0.1) is 11.4 Å². The summed E-state index contributed by atoms with van der Waals surface area (Å²) in [7, 11) is 0. The van der Waals surface area contributed by atoms with Crippen LogP contribution in [0.1, 0.15) is 11.4 Å². The third kappa shape index (κ3) is 3.71. The Morgan fingerprint density at radius 2 is 1.90 bits per heavy atom.